The molecule has 2 aromatic heterocycles. The van der Waals surface area contributed by atoms with Crippen LogP contribution in [0.2, 0.25) is 0 Å². The summed E-state index contributed by atoms with van der Waals surface area (Å²) in [4.78, 5) is 29.3. The van der Waals surface area contributed by atoms with Crippen LogP contribution in [0, 0.1) is 0 Å². The zero-order chi connectivity index (χ0) is 15.8. The zero-order valence-electron chi connectivity index (χ0n) is 12.6. The summed E-state index contributed by atoms with van der Waals surface area (Å²) >= 11 is 0. The Hall–Kier alpha value is -2.76. The highest BCUT2D eigenvalue weighted by Crippen LogP contribution is 2.25. The summed E-state index contributed by atoms with van der Waals surface area (Å²) in [6.07, 6.45) is 4.51. The highest BCUT2D eigenvalue weighted by atomic mass is 16.3. The van der Waals surface area contributed by atoms with Crippen molar-refractivity contribution in [1.82, 2.24) is 14.5 Å². The maximum Gasteiger partial charge on any atom is 0.326 e. The average molecular weight is 311 g/mol. The SMILES string of the molecule is O=C(c1ccoc1)N1CCC(n2c(=O)[nH]c3ccccc32)CC1. The van der Waals surface area contributed by atoms with Crippen LogP contribution in [0.15, 0.2) is 52.1 Å². The Morgan fingerprint density at radius 1 is 1.17 bits per heavy atom. The van der Waals surface area contributed by atoms with Crippen molar-refractivity contribution in [3.63, 3.8) is 0 Å². The van der Waals surface area contributed by atoms with E-state index < -0.39 is 0 Å². The molecule has 0 radical (unpaired) electrons. The van der Waals surface area contributed by atoms with E-state index >= 15 is 0 Å². The summed E-state index contributed by atoms with van der Waals surface area (Å²) < 4.78 is 6.80. The standard InChI is InChI=1S/C17H17N3O3/c21-16(12-7-10-23-11-12)19-8-5-13(6-9-19)20-15-4-2-1-3-14(15)18-17(20)22/h1-4,7,10-11,13H,5-6,8-9H2,(H,18,22). The second-order valence-corrected chi connectivity index (χ2v) is 5.85. The van der Waals surface area contributed by atoms with Gasteiger partial charge in [-0.3, -0.25) is 9.36 Å². The monoisotopic (exact) mass is 311 g/mol. The van der Waals surface area contributed by atoms with Gasteiger partial charge in [0.1, 0.15) is 6.26 Å². The van der Waals surface area contributed by atoms with Gasteiger partial charge in [-0.05, 0) is 31.0 Å². The fourth-order valence-electron chi connectivity index (χ4n) is 3.33. The van der Waals surface area contributed by atoms with Crippen LogP contribution in [0.5, 0.6) is 0 Å². The van der Waals surface area contributed by atoms with Crippen molar-refractivity contribution in [3.05, 3.63) is 58.9 Å². The first-order valence-electron chi connectivity index (χ1n) is 7.75. The summed E-state index contributed by atoms with van der Waals surface area (Å²) in [5.41, 5.74) is 2.28. The fourth-order valence-corrected chi connectivity index (χ4v) is 3.33. The Balaban J connectivity index is 1.54. The Morgan fingerprint density at radius 2 is 1.96 bits per heavy atom. The van der Waals surface area contributed by atoms with Crippen LogP contribution in [0.4, 0.5) is 0 Å². The quantitative estimate of drug-likeness (QED) is 0.790. The summed E-state index contributed by atoms with van der Waals surface area (Å²) in [6, 6.07) is 9.50. The number of aromatic amines is 1. The molecule has 0 saturated carbocycles. The number of hydrogen-bond acceptors (Lipinski definition) is 3. The van der Waals surface area contributed by atoms with E-state index in [1.54, 1.807) is 6.07 Å². The Bertz CT molecular complexity index is 883. The number of rotatable bonds is 2. The number of fused-ring (bicyclic) bond motifs is 1. The van der Waals surface area contributed by atoms with Gasteiger partial charge in [0.05, 0.1) is 22.9 Å². The lowest BCUT2D eigenvalue weighted by molar-refractivity contribution is 0.0694. The molecule has 3 heterocycles. The maximum absolute atomic E-state index is 12.3. The van der Waals surface area contributed by atoms with Crippen molar-refractivity contribution in [1.29, 1.82) is 0 Å². The highest BCUT2D eigenvalue weighted by molar-refractivity contribution is 5.93. The smallest absolute Gasteiger partial charge is 0.326 e. The van der Waals surface area contributed by atoms with Gasteiger partial charge in [0.25, 0.3) is 5.91 Å². The van der Waals surface area contributed by atoms with Crippen LogP contribution >= 0.6 is 0 Å². The van der Waals surface area contributed by atoms with E-state index in [1.165, 1.54) is 12.5 Å². The van der Waals surface area contributed by atoms with Gasteiger partial charge in [-0.1, -0.05) is 12.1 Å². The van der Waals surface area contributed by atoms with Gasteiger partial charge in [0.2, 0.25) is 0 Å². The van der Waals surface area contributed by atoms with Gasteiger partial charge in [0.15, 0.2) is 0 Å². The van der Waals surface area contributed by atoms with Gasteiger partial charge in [-0.15, -0.1) is 0 Å². The van der Waals surface area contributed by atoms with Gasteiger partial charge in [0, 0.05) is 19.1 Å². The number of benzene rings is 1. The predicted molar refractivity (Wildman–Crippen MR) is 85.4 cm³/mol. The van der Waals surface area contributed by atoms with Gasteiger partial charge < -0.3 is 14.3 Å². The minimum absolute atomic E-state index is 0.0107. The molecule has 23 heavy (non-hydrogen) atoms. The van der Waals surface area contributed by atoms with Crippen LogP contribution in [-0.4, -0.2) is 33.4 Å². The number of nitrogens with zero attached hydrogens (tertiary/aromatic N) is 2. The van der Waals surface area contributed by atoms with E-state index in [0.717, 1.165) is 23.9 Å². The molecule has 118 valence electrons. The van der Waals surface area contributed by atoms with Crippen LogP contribution in [-0.2, 0) is 0 Å². The van der Waals surface area contributed by atoms with Crippen LogP contribution in [0.3, 0.4) is 0 Å². The third-order valence-corrected chi connectivity index (χ3v) is 4.51. The van der Waals surface area contributed by atoms with E-state index in [0.29, 0.717) is 18.7 Å². The minimum Gasteiger partial charge on any atom is -0.472 e. The molecule has 1 aliphatic rings. The van der Waals surface area contributed by atoms with Crippen molar-refractivity contribution in [2.45, 2.75) is 18.9 Å². The second kappa shape index (κ2) is 5.46. The molecule has 1 N–H and O–H groups in total. The largest absolute Gasteiger partial charge is 0.472 e. The van der Waals surface area contributed by atoms with Gasteiger partial charge >= 0.3 is 5.69 Å². The molecule has 1 amide bonds. The number of carbonyl (C=O) groups excluding carboxylic acids is 1. The van der Waals surface area contributed by atoms with Gasteiger partial charge in [-0.2, -0.15) is 0 Å². The number of hydrogen-bond donors (Lipinski definition) is 1. The maximum atomic E-state index is 12.3. The normalized spacial score (nSPS) is 16.1. The molecule has 6 nitrogen and oxygen atoms in total. The molecular formula is C17H17N3O3. The first kappa shape index (κ1) is 13.9. The lowest BCUT2D eigenvalue weighted by Crippen LogP contribution is -2.40. The molecule has 0 aliphatic carbocycles. The molecule has 1 fully saturated rings. The number of carbonyl (C=O) groups is 1. The molecule has 0 unspecified atom stereocenters. The molecule has 0 spiro atoms. The minimum atomic E-state index is -0.0780. The van der Waals surface area contributed by atoms with E-state index in [-0.39, 0.29) is 17.6 Å². The van der Waals surface area contributed by atoms with Crippen molar-refractivity contribution >= 4 is 16.9 Å². The molecule has 0 atom stereocenters. The molecular weight excluding hydrogens is 294 g/mol. The lowest BCUT2D eigenvalue weighted by Gasteiger charge is -2.32. The first-order valence-corrected chi connectivity index (χ1v) is 7.75. The van der Waals surface area contributed by atoms with E-state index in [4.69, 9.17) is 4.42 Å². The Morgan fingerprint density at radius 3 is 2.70 bits per heavy atom. The Kier molecular flexibility index (Phi) is 3.29. The topological polar surface area (TPSA) is 71.2 Å². The van der Waals surface area contributed by atoms with E-state index in [9.17, 15) is 9.59 Å². The highest BCUT2D eigenvalue weighted by Gasteiger charge is 2.26. The van der Waals surface area contributed by atoms with Crippen LogP contribution < -0.4 is 5.69 Å². The second-order valence-electron chi connectivity index (χ2n) is 5.85. The number of piperidine rings is 1. The number of para-hydroxylation sites is 2. The average Bonchev–Trinajstić information content (AvgIpc) is 3.21. The molecule has 1 saturated heterocycles. The first-order chi connectivity index (χ1) is 11.2. The number of aromatic nitrogens is 2. The summed E-state index contributed by atoms with van der Waals surface area (Å²) in [5, 5.41) is 0. The third kappa shape index (κ3) is 2.36. The number of nitrogens with one attached hydrogen (secondary N) is 1. The lowest BCUT2D eigenvalue weighted by atomic mass is 10.0. The third-order valence-electron chi connectivity index (χ3n) is 4.51. The van der Waals surface area contributed by atoms with Gasteiger partial charge in [-0.25, -0.2) is 4.79 Å². The van der Waals surface area contributed by atoms with Crippen LogP contribution in [0.25, 0.3) is 11.0 Å². The van der Waals surface area contributed by atoms with E-state index in [1.807, 2.05) is 33.7 Å². The number of likely N-dealkylation sites (tertiary alicyclic amines) is 1. The molecule has 1 aliphatic heterocycles. The molecule has 1 aromatic carbocycles. The number of H-pyrrole nitrogens is 1. The molecule has 4 rings (SSSR count). The molecule has 3 aromatic rings. The Labute approximate surface area is 132 Å². The van der Waals surface area contributed by atoms with Crippen molar-refractivity contribution < 1.29 is 9.21 Å². The van der Waals surface area contributed by atoms with Crippen molar-refractivity contribution in [2.24, 2.45) is 0 Å². The van der Waals surface area contributed by atoms with Crippen LogP contribution in [0.1, 0.15) is 29.2 Å². The summed E-state index contributed by atoms with van der Waals surface area (Å²) in [5.74, 6) is -0.0107. The van der Waals surface area contributed by atoms with Crippen molar-refractivity contribution in [2.75, 3.05) is 13.1 Å². The van der Waals surface area contributed by atoms with Crippen molar-refractivity contribution in [3.8, 4) is 0 Å². The fraction of sp³-hybridized carbons (Fsp3) is 0.294. The zero-order valence-corrected chi connectivity index (χ0v) is 12.6. The number of imidazole rings is 1. The number of amides is 1. The molecule has 6 heteroatoms. The summed E-state index contributed by atoms with van der Waals surface area (Å²) in [7, 11) is 0. The number of furan rings is 1. The van der Waals surface area contributed by atoms with E-state index in [2.05, 4.69) is 4.98 Å². The predicted octanol–water partition coefficient (Wildman–Crippen LogP) is 2.40. The summed E-state index contributed by atoms with van der Waals surface area (Å²) in [6.45, 7) is 1.28. The molecule has 0 bridgehead atoms.